The first-order valence-corrected chi connectivity index (χ1v) is 4.88. The molecule has 0 aromatic rings. The number of methoxy groups -OCH3 is 2. The minimum atomic E-state index is 0.588. The Labute approximate surface area is 81.0 Å². The van der Waals surface area contributed by atoms with Crippen molar-refractivity contribution in [3.8, 4) is 0 Å². The molecule has 0 unspecified atom stereocenters. The molecule has 0 aromatic heterocycles. The van der Waals surface area contributed by atoms with Gasteiger partial charge in [-0.25, -0.2) is 0 Å². The summed E-state index contributed by atoms with van der Waals surface area (Å²) in [4.78, 5) is 1.51. The zero-order valence-corrected chi connectivity index (χ0v) is 9.14. The molecule has 0 amide bonds. The highest BCUT2D eigenvalue weighted by Crippen LogP contribution is 1.70. The van der Waals surface area contributed by atoms with Crippen LogP contribution in [0.3, 0.4) is 0 Å². The summed E-state index contributed by atoms with van der Waals surface area (Å²) in [6, 6.07) is 0.588. The molecule has 0 bridgehead atoms. The van der Waals surface area contributed by atoms with Gasteiger partial charge in [0.15, 0.2) is 0 Å². The fourth-order valence-electron chi connectivity index (χ4n) is 1.29. The number of hydrogen-bond donors (Lipinski definition) is 2. The van der Waals surface area contributed by atoms with Gasteiger partial charge in [-0.3, -0.25) is 0 Å². The van der Waals surface area contributed by atoms with E-state index in [1.807, 2.05) is 0 Å². The summed E-state index contributed by atoms with van der Waals surface area (Å²) in [6.07, 6.45) is 0. The second-order valence-corrected chi connectivity index (χ2v) is 3.33. The van der Waals surface area contributed by atoms with Crippen LogP contribution in [0.4, 0.5) is 0 Å². The van der Waals surface area contributed by atoms with Gasteiger partial charge in [0.05, 0.1) is 13.2 Å². The Morgan fingerprint density at radius 3 is 1.92 bits per heavy atom. The highest BCUT2D eigenvalue weighted by Gasteiger charge is 2.16. The van der Waals surface area contributed by atoms with Crippen molar-refractivity contribution in [2.45, 2.75) is 13.0 Å². The molecule has 13 heavy (non-hydrogen) atoms. The van der Waals surface area contributed by atoms with Gasteiger partial charge in [-0.1, -0.05) is 0 Å². The maximum Gasteiger partial charge on any atom is 0.134 e. The van der Waals surface area contributed by atoms with E-state index in [0.717, 1.165) is 32.8 Å². The number of ether oxygens (including phenoxy) is 2. The van der Waals surface area contributed by atoms with Gasteiger partial charge in [0.25, 0.3) is 0 Å². The third-order valence-corrected chi connectivity index (χ3v) is 2.38. The largest absolute Gasteiger partial charge is 0.379 e. The quantitative estimate of drug-likeness (QED) is 0.458. The summed E-state index contributed by atoms with van der Waals surface area (Å²) in [7, 11) is 3.48. The molecule has 0 aliphatic carbocycles. The van der Waals surface area contributed by atoms with E-state index in [1.165, 1.54) is 4.90 Å². The number of nitrogens with one attached hydrogen (secondary N) is 1. The standard InChI is InChI=1S/C9H22N2O2/c1-9(8-10)11(4-6-12-2)5-7-13-3/h9H,4-8,10H2,1-3H3/p+2/t9-/m0/s1. The number of rotatable bonds is 8. The van der Waals surface area contributed by atoms with E-state index >= 15 is 0 Å². The molecule has 0 spiro atoms. The van der Waals surface area contributed by atoms with Crippen LogP contribution in [0.1, 0.15) is 6.92 Å². The van der Waals surface area contributed by atoms with E-state index < -0.39 is 0 Å². The third-order valence-electron chi connectivity index (χ3n) is 2.38. The zero-order valence-electron chi connectivity index (χ0n) is 9.14. The summed E-state index contributed by atoms with van der Waals surface area (Å²) in [6.45, 7) is 6.87. The summed E-state index contributed by atoms with van der Waals surface area (Å²) < 4.78 is 10.1. The van der Waals surface area contributed by atoms with E-state index in [1.54, 1.807) is 14.2 Å². The van der Waals surface area contributed by atoms with Crippen LogP contribution in [-0.2, 0) is 9.47 Å². The van der Waals surface area contributed by atoms with Crippen LogP contribution in [0.2, 0.25) is 0 Å². The van der Waals surface area contributed by atoms with Crippen LogP contribution in [0.25, 0.3) is 0 Å². The van der Waals surface area contributed by atoms with Crippen molar-refractivity contribution < 1.29 is 20.1 Å². The maximum atomic E-state index is 5.06. The Morgan fingerprint density at radius 1 is 1.15 bits per heavy atom. The lowest BCUT2D eigenvalue weighted by Gasteiger charge is -2.23. The average Bonchev–Trinajstić information content (AvgIpc) is 2.17. The molecule has 0 aromatic carbocycles. The summed E-state index contributed by atoms with van der Waals surface area (Å²) in [5.41, 5.74) is 3.92. The molecule has 0 saturated carbocycles. The molecule has 4 heteroatoms. The lowest BCUT2D eigenvalue weighted by Crippen LogP contribution is -3.17. The predicted octanol–water partition coefficient (Wildman–Crippen LogP) is -2.21. The highest BCUT2D eigenvalue weighted by molar-refractivity contribution is 4.42. The van der Waals surface area contributed by atoms with Crippen molar-refractivity contribution in [2.24, 2.45) is 0 Å². The molecule has 0 aliphatic rings. The van der Waals surface area contributed by atoms with Crippen molar-refractivity contribution in [1.29, 1.82) is 0 Å². The monoisotopic (exact) mass is 192 g/mol. The normalized spacial score (nSPS) is 13.6. The maximum absolute atomic E-state index is 5.06. The predicted molar refractivity (Wildman–Crippen MR) is 51.7 cm³/mol. The Balaban J connectivity index is 3.72. The van der Waals surface area contributed by atoms with Crippen LogP contribution in [-0.4, -0.2) is 53.1 Å². The van der Waals surface area contributed by atoms with E-state index in [4.69, 9.17) is 9.47 Å². The smallest absolute Gasteiger partial charge is 0.134 e. The van der Waals surface area contributed by atoms with Gasteiger partial charge in [-0.05, 0) is 6.92 Å². The lowest BCUT2D eigenvalue weighted by molar-refractivity contribution is -0.929. The van der Waals surface area contributed by atoms with Crippen LogP contribution in [0, 0.1) is 0 Å². The van der Waals surface area contributed by atoms with Crippen molar-refractivity contribution in [2.75, 3.05) is 47.1 Å². The van der Waals surface area contributed by atoms with Crippen molar-refractivity contribution in [1.82, 2.24) is 0 Å². The highest BCUT2D eigenvalue weighted by atomic mass is 16.5. The van der Waals surface area contributed by atoms with E-state index in [2.05, 4.69) is 12.7 Å². The fraction of sp³-hybridized carbons (Fsp3) is 1.00. The minimum Gasteiger partial charge on any atom is -0.379 e. The topological polar surface area (TPSA) is 50.5 Å². The van der Waals surface area contributed by atoms with Gasteiger partial charge < -0.3 is 20.1 Å². The van der Waals surface area contributed by atoms with Crippen molar-refractivity contribution >= 4 is 0 Å². The molecule has 1 atom stereocenters. The van der Waals surface area contributed by atoms with Gasteiger partial charge >= 0.3 is 0 Å². The molecule has 4 N–H and O–H groups in total. The molecular weight excluding hydrogens is 168 g/mol. The van der Waals surface area contributed by atoms with Crippen LogP contribution in [0.5, 0.6) is 0 Å². The minimum absolute atomic E-state index is 0.588. The summed E-state index contributed by atoms with van der Waals surface area (Å²) in [5.74, 6) is 0. The van der Waals surface area contributed by atoms with Gasteiger partial charge in [-0.15, -0.1) is 0 Å². The number of quaternary nitrogens is 2. The van der Waals surface area contributed by atoms with Crippen LogP contribution < -0.4 is 10.6 Å². The first-order valence-electron chi connectivity index (χ1n) is 4.88. The van der Waals surface area contributed by atoms with Crippen molar-refractivity contribution in [3.05, 3.63) is 0 Å². The van der Waals surface area contributed by atoms with E-state index in [0.29, 0.717) is 6.04 Å². The molecule has 0 radical (unpaired) electrons. The Bertz CT molecular complexity index is 104. The first-order chi connectivity index (χ1) is 6.26. The van der Waals surface area contributed by atoms with Crippen molar-refractivity contribution in [3.63, 3.8) is 0 Å². The lowest BCUT2D eigenvalue weighted by atomic mass is 10.3. The van der Waals surface area contributed by atoms with Gasteiger partial charge in [0.2, 0.25) is 0 Å². The molecule has 0 fully saturated rings. The van der Waals surface area contributed by atoms with Gasteiger partial charge in [0, 0.05) is 14.2 Å². The van der Waals surface area contributed by atoms with Crippen LogP contribution in [0.15, 0.2) is 0 Å². The first kappa shape index (κ1) is 12.8. The van der Waals surface area contributed by atoms with Gasteiger partial charge in [-0.2, -0.15) is 0 Å². The van der Waals surface area contributed by atoms with Gasteiger partial charge in [0.1, 0.15) is 25.7 Å². The summed E-state index contributed by atoms with van der Waals surface area (Å²) in [5, 5.41) is 0. The van der Waals surface area contributed by atoms with E-state index in [9.17, 15) is 0 Å². The molecule has 0 rings (SSSR count). The number of hydrogen-bond acceptors (Lipinski definition) is 2. The third kappa shape index (κ3) is 5.99. The molecule has 0 saturated heterocycles. The second kappa shape index (κ2) is 8.44. The fourth-order valence-corrected chi connectivity index (χ4v) is 1.29. The van der Waals surface area contributed by atoms with E-state index in [-0.39, 0.29) is 0 Å². The van der Waals surface area contributed by atoms with Crippen LogP contribution >= 0.6 is 0 Å². The molecule has 4 nitrogen and oxygen atoms in total. The molecule has 0 aliphatic heterocycles. The second-order valence-electron chi connectivity index (χ2n) is 3.33. The Morgan fingerprint density at radius 2 is 1.62 bits per heavy atom. The average molecular weight is 192 g/mol. The molecule has 0 heterocycles. The zero-order chi connectivity index (χ0) is 10.1. The summed E-state index contributed by atoms with van der Waals surface area (Å²) >= 11 is 0. The Hall–Kier alpha value is -0.160. The SMILES string of the molecule is COCC[NH+](CCOC)[C@@H](C)C[NH3+]. The molecular formula is C9H24N2O2+2. The molecule has 80 valence electrons. The Kier molecular flexibility index (Phi) is 8.33.